The van der Waals surface area contributed by atoms with Crippen molar-refractivity contribution in [1.29, 1.82) is 0 Å². The minimum Gasteiger partial charge on any atom is -0.324 e. The van der Waals surface area contributed by atoms with Crippen molar-refractivity contribution in [3.8, 4) is 0 Å². The third-order valence-corrected chi connectivity index (χ3v) is 4.17. The molecule has 0 fully saturated rings. The standard InChI is InChI=1S/C18H27N/c1-15-9-11-16(12-10-15)13-14-18(19)17-7-5-3-2-4-6-8-17/h7,9-12,18H,2-6,8,13-14,19H2,1H3/b17-7+. The monoisotopic (exact) mass is 257 g/mol. The normalized spacial score (nSPS) is 21.1. The highest BCUT2D eigenvalue weighted by Crippen LogP contribution is 2.21. The van der Waals surface area contributed by atoms with Crippen LogP contribution in [0.15, 0.2) is 35.9 Å². The van der Waals surface area contributed by atoms with Crippen LogP contribution in [0.25, 0.3) is 0 Å². The minimum absolute atomic E-state index is 0.263. The Morgan fingerprint density at radius 1 is 1.05 bits per heavy atom. The Morgan fingerprint density at radius 2 is 1.79 bits per heavy atom. The van der Waals surface area contributed by atoms with Crippen LogP contribution >= 0.6 is 0 Å². The van der Waals surface area contributed by atoms with E-state index in [9.17, 15) is 0 Å². The lowest BCUT2D eigenvalue weighted by Gasteiger charge is -2.18. The van der Waals surface area contributed by atoms with Gasteiger partial charge in [0.25, 0.3) is 0 Å². The van der Waals surface area contributed by atoms with Gasteiger partial charge >= 0.3 is 0 Å². The van der Waals surface area contributed by atoms with Crippen LogP contribution in [-0.2, 0) is 6.42 Å². The smallest absolute Gasteiger partial charge is 0.0256 e. The molecule has 1 aliphatic carbocycles. The highest BCUT2D eigenvalue weighted by atomic mass is 14.6. The van der Waals surface area contributed by atoms with E-state index in [1.54, 1.807) is 0 Å². The summed E-state index contributed by atoms with van der Waals surface area (Å²) in [5, 5.41) is 0. The Balaban J connectivity index is 1.85. The zero-order valence-electron chi connectivity index (χ0n) is 12.2. The molecule has 1 nitrogen and oxygen atoms in total. The van der Waals surface area contributed by atoms with E-state index in [1.165, 1.54) is 55.2 Å². The lowest BCUT2D eigenvalue weighted by molar-refractivity contribution is 0.581. The first-order valence-electron chi connectivity index (χ1n) is 7.76. The molecule has 0 bridgehead atoms. The van der Waals surface area contributed by atoms with Crippen LogP contribution in [0.5, 0.6) is 0 Å². The Kier molecular flexibility index (Phi) is 5.65. The van der Waals surface area contributed by atoms with Gasteiger partial charge in [0.15, 0.2) is 0 Å². The van der Waals surface area contributed by atoms with Gasteiger partial charge in [-0.3, -0.25) is 0 Å². The fraction of sp³-hybridized carbons (Fsp3) is 0.556. The average Bonchev–Trinajstić information content (AvgIpc) is 2.37. The summed E-state index contributed by atoms with van der Waals surface area (Å²) in [5.74, 6) is 0. The topological polar surface area (TPSA) is 26.0 Å². The Hall–Kier alpha value is -1.08. The zero-order chi connectivity index (χ0) is 13.5. The molecule has 0 heterocycles. The van der Waals surface area contributed by atoms with E-state index in [4.69, 9.17) is 5.73 Å². The maximum absolute atomic E-state index is 6.38. The van der Waals surface area contributed by atoms with Gasteiger partial charge in [-0.15, -0.1) is 0 Å². The molecule has 1 heteroatoms. The average molecular weight is 257 g/mol. The summed E-state index contributed by atoms with van der Waals surface area (Å²) in [6.45, 7) is 2.13. The molecule has 0 amide bonds. The molecule has 0 aliphatic heterocycles. The second kappa shape index (κ2) is 7.49. The quantitative estimate of drug-likeness (QED) is 0.788. The van der Waals surface area contributed by atoms with Crippen molar-refractivity contribution in [2.45, 2.75) is 64.3 Å². The highest BCUT2D eigenvalue weighted by Gasteiger charge is 2.10. The SMILES string of the molecule is Cc1ccc(CCC(N)/C2=C/CCCCCC2)cc1. The Morgan fingerprint density at radius 3 is 2.58 bits per heavy atom. The molecule has 1 aliphatic rings. The van der Waals surface area contributed by atoms with Crippen LogP contribution in [0.1, 0.15) is 56.1 Å². The lowest BCUT2D eigenvalue weighted by Crippen LogP contribution is -2.24. The number of allylic oxidation sites excluding steroid dienone is 1. The van der Waals surface area contributed by atoms with E-state index >= 15 is 0 Å². The third-order valence-electron chi connectivity index (χ3n) is 4.17. The molecule has 2 N–H and O–H groups in total. The van der Waals surface area contributed by atoms with Crippen molar-refractivity contribution >= 4 is 0 Å². The van der Waals surface area contributed by atoms with Crippen molar-refractivity contribution in [1.82, 2.24) is 0 Å². The second-order valence-electron chi connectivity index (χ2n) is 5.86. The van der Waals surface area contributed by atoms with Crippen molar-refractivity contribution in [3.63, 3.8) is 0 Å². The van der Waals surface area contributed by atoms with Gasteiger partial charge in [-0.2, -0.15) is 0 Å². The van der Waals surface area contributed by atoms with Crippen molar-refractivity contribution in [2.24, 2.45) is 5.73 Å². The minimum atomic E-state index is 0.263. The molecule has 19 heavy (non-hydrogen) atoms. The summed E-state index contributed by atoms with van der Waals surface area (Å²) in [4.78, 5) is 0. The molecule has 0 saturated heterocycles. The number of hydrogen-bond donors (Lipinski definition) is 1. The van der Waals surface area contributed by atoms with Gasteiger partial charge in [-0.1, -0.05) is 54.3 Å². The maximum atomic E-state index is 6.38. The lowest BCUT2D eigenvalue weighted by atomic mass is 9.92. The van der Waals surface area contributed by atoms with Crippen LogP contribution in [0.4, 0.5) is 0 Å². The highest BCUT2D eigenvalue weighted by molar-refractivity contribution is 5.22. The van der Waals surface area contributed by atoms with Crippen molar-refractivity contribution < 1.29 is 0 Å². The molecule has 1 atom stereocenters. The van der Waals surface area contributed by atoms with E-state index < -0.39 is 0 Å². The summed E-state index contributed by atoms with van der Waals surface area (Å²) < 4.78 is 0. The first-order chi connectivity index (χ1) is 9.25. The third kappa shape index (κ3) is 4.83. The molecular formula is C18H27N. The number of hydrogen-bond acceptors (Lipinski definition) is 1. The first kappa shape index (κ1) is 14.3. The number of benzene rings is 1. The number of aryl methyl sites for hydroxylation is 2. The van der Waals surface area contributed by atoms with Gasteiger partial charge in [-0.05, 0) is 51.0 Å². The summed E-state index contributed by atoms with van der Waals surface area (Å²) in [6.07, 6.45) is 12.5. The second-order valence-corrected chi connectivity index (χ2v) is 5.86. The van der Waals surface area contributed by atoms with Crippen LogP contribution in [0.2, 0.25) is 0 Å². The molecule has 1 aromatic carbocycles. The predicted molar refractivity (Wildman–Crippen MR) is 83.3 cm³/mol. The summed E-state index contributed by atoms with van der Waals surface area (Å²) in [5.41, 5.74) is 10.6. The maximum Gasteiger partial charge on any atom is 0.0256 e. The van der Waals surface area contributed by atoms with Crippen molar-refractivity contribution in [3.05, 3.63) is 47.0 Å². The fourth-order valence-corrected chi connectivity index (χ4v) is 2.82. The summed E-state index contributed by atoms with van der Waals surface area (Å²) >= 11 is 0. The number of nitrogens with two attached hydrogens (primary N) is 1. The van der Waals surface area contributed by atoms with Crippen LogP contribution in [0, 0.1) is 6.92 Å². The van der Waals surface area contributed by atoms with E-state index in [0.717, 1.165) is 12.8 Å². The number of rotatable bonds is 4. The van der Waals surface area contributed by atoms with Gasteiger partial charge in [0.2, 0.25) is 0 Å². The molecule has 0 spiro atoms. The van der Waals surface area contributed by atoms with E-state index in [-0.39, 0.29) is 6.04 Å². The van der Waals surface area contributed by atoms with Gasteiger partial charge < -0.3 is 5.73 Å². The van der Waals surface area contributed by atoms with E-state index in [1.807, 2.05) is 0 Å². The molecule has 1 aromatic rings. The van der Waals surface area contributed by atoms with Crippen LogP contribution < -0.4 is 5.73 Å². The molecule has 0 aromatic heterocycles. The van der Waals surface area contributed by atoms with Gasteiger partial charge in [0.1, 0.15) is 0 Å². The van der Waals surface area contributed by atoms with E-state index in [2.05, 4.69) is 37.3 Å². The molecule has 2 rings (SSSR count). The zero-order valence-corrected chi connectivity index (χ0v) is 12.2. The van der Waals surface area contributed by atoms with Crippen LogP contribution in [-0.4, -0.2) is 6.04 Å². The van der Waals surface area contributed by atoms with Crippen LogP contribution in [0.3, 0.4) is 0 Å². The first-order valence-corrected chi connectivity index (χ1v) is 7.76. The molecular weight excluding hydrogens is 230 g/mol. The van der Waals surface area contributed by atoms with Crippen molar-refractivity contribution in [2.75, 3.05) is 0 Å². The summed E-state index contributed by atoms with van der Waals surface area (Å²) in [6, 6.07) is 9.11. The predicted octanol–water partition coefficient (Wildman–Crippen LogP) is 4.54. The van der Waals surface area contributed by atoms with E-state index in [0.29, 0.717) is 0 Å². The Bertz CT molecular complexity index is 402. The Labute approximate surface area is 117 Å². The largest absolute Gasteiger partial charge is 0.324 e. The fourth-order valence-electron chi connectivity index (χ4n) is 2.82. The van der Waals surface area contributed by atoms with Gasteiger partial charge in [0.05, 0.1) is 0 Å². The van der Waals surface area contributed by atoms with Gasteiger partial charge in [-0.25, -0.2) is 0 Å². The molecule has 0 radical (unpaired) electrons. The molecule has 0 saturated carbocycles. The van der Waals surface area contributed by atoms with Gasteiger partial charge in [0, 0.05) is 6.04 Å². The molecule has 1 unspecified atom stereocenters. The summed E-state index contributed by atoms with van der Waals surface area (Å²) in [7, 11) is 0. The molecule has 104 valence electrons.